The molecular weight excluding hydrogens is 246 g/mol. The first kappa shape index (κ1) is 12.2. The number of aromatic nitrogens is 2. The van der Waals surface area contributed by atoms with Crippen molar-refractivity contribution in [1.29, 1.82) is 0 Å². The Hall–Kier alpha value is -0.830. The van der Waals surface area contributed by atoms with Crippen LogP contribution in [0.1, 0.15) is 63.0 Å². The highest BCUT2D eigenvalue weighted by Crippen LogP contribution is 2.34. The lowest BCUT2D eigenvalue weighted by molar-refractivity contribution is 0.691. The molecule has 0 aliphatic heterocycles. The third kappa shape index (κ3) is 2.77. The van der Waals surface area contributed by atoms with E-state index in [2.05, 4.69) is 21.4 Å². The maximum atomic E-state index is 6.05. The van der Waals surface area contributed by atoms with Crippen molar-refractivity contribution >= 4 is 17.4 Å². The van der Waals surface area contributed by atoms with Gasteiger partial charge in [-0.2, -0.15) is 0 Å². The van der Waals surface area contributed by atoms with Crippen molar-refractivity contribution in [3.05, 3.63) is 17.0 Å². The predicted octanol–water partition coefficient (Wildman–Crippen LogP) is 4.14. The smallest absolute Gasteiger partial charge is 0.224 e. The molecule has 2 fully saturated rings. The topological polar surface area (TPSA) is 37.8 Å². The standard InChI is InChI=1S/C14H20ClN3/c15-14-17-12(10-5-1-2-6-10)9-13(18-14)16-11-7-3-4-8-11/h9-11H,1-8H2,(H,16,17,18). The SMILES string of the molecule is Clc1nc(NC2CCCC2)cc(C2CCCC2)n1. The molecule has 98 valence electrons. The number of anilines is 1. The fourth-order valence-electron chi connectivity index (χ4n) is 3.22. The number of nitrogens with zero attached hydrogens (tertiary/aromatic N) is 2. The van der Waals surface area contributed by atoms with Crippen LogP contribution in [0.4, 0.5) is 5.82 Å². The normalized spacial score (nSPS) is 21.6. The second-order valence-corrected chi connectivity index (χ2v) is 5.89. The highest BCUT2D eigenvalue weighted by atomic mass is 35.5. The third-order valence-electron chi connectivity index (χ3n) is 4.20. The number of hydrogen-bond donors (Lipinski definition) is 1. The second kappa shape index (κ2) is 5.43. The van der Waals surface area contributed by atoms with Crippen LogP contribution in [0.15, 0.2) is 6.07 Å². The summed E-state index contributed by atoms with van der Waals surface area (Å²) in [6.07, 6.45) is 10.3. The zero-order valence-electron chi connectivity index (χ0n) is 10.7. The van der Waals surface area contributed by atoms with Crippen LogP contribution in [0.5, 0.6) is 0 Å². The van der Waals surface area contributed by atoms with Crippen molar-refractivity contribution in [1.82, 2.24) is 9.97 Å². The van der Waals surface area contributed by atoms with Gasteiger partial charge < -0.3 is 5.32 Å². The van der Waals surface area contributed by atoms with Crippen LogP contribution >= 0.6 is 11.6 Å². The predicted molar refractivity (Wildman–Crippen MR) is 74.1 cm³/mol. The zero-order valence-corrected chi connectivity index (χ0v) is 11.4. The van der Waals surface area contributed by atoms with Gasteiger partial charge in [0.05, 0.1) is 5.69 Å². The van der Waals surface area contributed by atoms with Gasteiger partial charge >= 0.3 is 0 Å². The van der Waals surface area contributed by atoms with Gasteiger partial charge in [0.25, 0.3) is 0 Å². The highest BCUT2D eigenvalue weighted by Gasteiger charge is 2.21. The quantitative estimate of drug-likeness (QED) is 0.835. The van der Waals surface area contributed by atoms with E-state index in [1.807, 2.05) is 0 Å². The first-order chi connectivity index (χ1) is 8.81. The molecule has 1 aromatic rings. The molecular formula is C14H20ClN3. The maximum absolute atomic E-state index is 6.05. The van der Waals surface area contributed by atoms with Crippen LogP contribution < -0.4 is 5.32 Å². The minimum atomic E-state index is 0.389. The molecule has 1 aromatic heterocycles. The average molecular weight is 266 g/mol. The Labute approximate surface area is 113 Å². The lowest BCUT2D eigenvalue weighted by atomic mass is 10.0. The number of halogens is 1. The number of rotatable bonds is 3. The minimum absolute atomic E-state index is 0.389. The van der Waals surface area contributed by atoms with Crippen molar-refractivity contribution in [3.63, 3.8) is 0 Å². The molecule has 3 nitrogen and oxygen atoms in total. The van der Waals surface area contributed by atoms with Crippen LogP contribution in [-0.2, 0) is 0 Å². The van der Waals surface area contributed by atoms with Crippen molar-refractivity contribution in [2.24, 2.45) is 0 Å². The Bertz CT molecular complexity index is 410. The molecule has 3 rings (SSSR count). The molecule has 2 aliphatic carbocycles. The summed E-state index contributed by atoms with van der Waals surface area (Å²) in [6.45, 7) is 0. The average Bonchev–Trinajstić information content (AvgIpc) is 3.00. The summed E-state index contributed by atoms with van der Waals surface area (Å²) < 4.78 is 0. The summed E-state index contributed by atoms with van der Waals surface area (Å²) in [6, 6.07) is 2.69. The maximum Gasteiger partial charge on any atom is 0.224 e. The van der Waals surface area contributed by atoms with Gasteiger partial charge in [-0.25, -0.2) is 9.97 Å². The highest BCUT2D eigenvalue weighted by molar-refractivity contribution is 6.28. The largest absolute Gasteiger partial charge is 0.367 e. The second-order valence-electron chi connectivity index (χ2n) is 5.55. The summed E-state index contributed by atoms with van der Waals surface area (Å²) in [5.74, 6) is 1.51. The van der Waals surface area contributed by atoms with Gasteiger partial charge in [0, 0.05) is 18.0 Å². The molecule has 0 amide bonds. The summed E-state index contributed by atoms with van der Waals surface area (Å²) >= 11 is 6.05. The Morgan fingerprint density at radius 1 is 1.00 bits per heavy atom. The molecule has 0 radical (unpaired) electrons. The van der Waals surface area contributed by atoms with Gasteiger partial charge in [-0.15, -0.1) is 0 Å². The monoisotopic (exact) mass is 265 g/mol. The van der Waals surface area contributed by atoms with E-state index in [0.29, 0.717) is 17.2 Å². The zero-order chi connectivity index (χ0) is 12.4. The van der Waals surface area contributed by atoms with Crippen molar-refractivity contribution in [2.75, 3.05) is 5.32 Å². The van der Waals surface area contributed by atoms with E-state index in [-0.39, 0.29) is 0 Å². The van der Waals surface area contributed by atoms with Crippen LogP contribution in [0.25, 0.3) is 0 Å². The molecule has 1 N–H and O–H groups in total. The molecule has 4 heteroatoms. The van der Waals surface area contributed by atoms with E-state index in [4.69, 9.17) is 11.6 Å². The van der Waals surface area contributed by atoms with Gasteiger partial charge in [-0.1, -0.05) is 25.7 Å². The first-order valence-electron chi connectivity index (χ1n) is 7.12. The summed E-state index contributed by atoms with van der Waals surface area (Å²) in [5.41, 5.74) is 1.13. The van der Waals surface area contributed by atoms with Gasteiger partial charge in [0.15, 0.2) is 0 Å². The molecule has 0 saturated heterocycles. The van der Waals surface area contributed by atoms with Gasteiger partial charge in [-0.05, 0) is 37.3 Å². The Balaban J connectivity index is 1.76. The van der Waals surface area contributed by atoms with E-state index in [1.165, 1.54) is 51.4 Å². The lowest BCUT2D eigenvalue weighted by Gasteiger charge is -2.15. The van der Waals surface area contributed by atoms with Gasteiger partial charge in [-0.3, -0.25) is 0 Å². The van der Waals surface area contributed by atoms with Crippen molar-refractivity contribution in [3.8, 4) is 0 Å². The van der Waals surface area contributed by atoms with E-state index in [0.717, 1.165) is 11.5 Å². The van der Waals surface area contributed by atoms with Crippen LogP contribution in [0.2, 0.25) is 5.28 Å². The van der Waals surface area contributed by atoms with Crippen molar-refractivity contribution < 1.29 is 0 Å². The van der Waals surface area contributed by atoms with Crippen LogP contribution in [0, 0.1) is 0 Å². The molecule has 1 heterocycles. The Morgan fingerprint density at radius 2 is 1.67 bits per heavy atom. The van der Waals surface area contributed by atoms with Gasteiger partial charge in [0.1, 0.15) is 5.82 Å². The fourth-order valence-corrected chi connectivity index (χ4v) is 3.41. The van der Waals surface area contributed by atoms with E-state index >= 15 is 0 Å². The number of hydrogen-bond acceptors (Lipinski definition) is 3. The van der Waals surface area contributed by atoms with Gasteiger partial charge in [0.2, 0.25) is 5.28 Å². The molecule has 2 saturated carbocycles. The molecule has 0 bridgehead atoms. The molecule has 0 unspecified atom stereocenters. The summed E-state index contributed by atoms with van der Waals surface area (Å²) in [5, 5.41) is 3.90. The summed E-state index contributed by atoms with van der Waals surface area (Å²) in [7, 11) is 0. The third-order valence-corrected chi connectivity index (χ3v) is 4.37. The first-order valence-corrected chi connectivity index (χ1v) is 7.50. The Morgan fingerprint density at radius 3 is 2.39 bits per heavy atom. The van der Waals surface area contributed by atoms with Crippen molar-refractivity contribution in [2.45, 2.75) is 63.3 Å². The molecule has 2 aliphatic rings. The fraction of sp³-hybridized carbons (Fsp3) is 0.714. The molecule has 0 atom stereocenters. The lowest BCUT2D eigenvalue weighted by Crippen LogP contribution is -2.16. The molecule has 0 aromatic carbocycles. The number of nitrogens with one attached hydrogen (secondary N) is 1. The van der Waals surface area contributed by atoms with Crippen LogP contribution in [0.3, 0.4) is 0 Å². The molecule has 18 heavy (non-hydrogen) atoms. The minimum Gasteiger partial charge on any atom is -0.367 e. The summed E-state index contributed by atoms with van der Waals surface area (Å²) in [4.78, 5) is 8.72. The van der Waals surface area contributed by atoms with E-state index in [9.17, 15) is 0 Å². The van der Waals surface area contributed by atoms with E-state index < -0.39 is 0 Å². The van der Waals surface area contributed by atoms with Crippen LogP contribution in [-0.4, -0.2) is 16.0 Å². The Kier molecular flexibility index (Phi) is 3.69. The molecule has 0 spiro atoms. The van der Waals surface area contributed by atoms with E-state index in [1.54, 1.807) is 0 Å².